The molecule has 0 saturated heterocycles. The highest BCUT2D eigenvalue weighted by molar-refractivity contribution is 6.29. The van der Waals surface area contributed by atoms with Crippen LogP contribution in [0.2, 0.25) is 0 Å². The van der Waals surface area contributed by atoms with Crippen LogP contribution >= 0.6 is 0 Å². The first-order valence-corrected chi connectivity index (χ1v) is 21.2. The van der Waals surface area contributed by atoms with E-state index < -0.39 is 0 Å². The normalized spacial score (nSPS) is 11.5. The molecule has 62 heavy (non-hydrogen) atoms. The molecule has 0 saturated carbocycles. The number of hydrogen-bond donors (Lipinski definition) is 0. The van der Waals surface area contributed by atoms with E-state index in [9.17, 15) is 0 Å². The molecule has 0 bridgehead atoms. The minimum Gasteiger partial charge on any atom is -0.228 e. The fourth-order valence-corrected chi connectivity index (χ4v) is 9.64. The average molecular weight is 787 g/mol. The van der Waals surface area contributed by atoms with Crippen molar-refractivity contribution in [2.45, 2.75) is 0 Å². The second kappa shape index (κ2) is 14.8. The van der Waals surface area contributed by atoms with Crippen molar-refractivity contribution < 1.29 is 0 Å². The van der Waals surface area contributed by atoms with Crippen molar-refractivity contribution in [3.05, 3.63) is 231 Å². The molecule has 1 aromatic heterocycles. The van der Waals surface area contributed by atoms with E-state index >= 15 is 0 Å². The molecule has 2 nitrogen and oxygen atoms in total. The first-order valence-electron chi connectivity index (χ1n) is 21.2. The van der Waals surface area contributed by atoms with Crippen LogP contribution in [-0.4, -0.2) is 9.97 Å². The molecule has 1 heterocycles. The minimum atomic E-state index is 0.694. The predicted octanol–water partition coefficient (Wildman–Crippen LogP) is 16.2. The lowest BCUT2D eigenvalue weighted by Gasteiger charge is -2.21. The van der Waals surface area contributed by atoms with Gasteiger partial charge in [0.2, 0.25) is 0 Å². The van der Waals surface area contributed by atoms with Crippen LogP contribution in [0.25, 0.3) is 121 Å². The maximum Gasteiger partial charge on any atom is 0.160 e. The Morgan fingerprint density at radius 1 is 0.242 bits per heavy atom. The van der Waals surface area contributed by atoms with Crippen molar-refractivity contribution in [1.29, 1.82) is 0 Å². The number of fused-ring (bicyclic) bond motifs is 6. The molecule has 0 unspecified atom stereocenters. The summed E-state index contributed by atoms with van der Waals surface area (Å²) in [5, 5.41) is 12.2. The van der Waals surface area contributed by atoms with Gasteiger partial charge in [-0.1, -0.05) is 218 Å². The molecule has 0 N–H and O–H groups in total. The molecular formula is C60H38N2. The molecule has 0 radical (unpaired) electrons. The molecule has 0 aliphatic rings. The summed E-state index contributed by atoms with van der Waals surface area (Å²) in [7, 11) is 0. The predicted molar refractivity (Wildman–Crippen MR) is 262 cm³/mol. The number of nitrogens with zero attached hydrogens (tertiary/aromatic N) is 2. The van der Waals surface area contributed by atoms with Gasteiger partial charge in [0.15, 0.2) is 5.82 Å². The van der Waals surface area contributed by atoms with Crippen molar-refractivity contribution in [2.75, 3.05) is 0 Å². The van der Waals surface area contributed by atoms with Crippen molar-refractivity contribution >= 4 is 53.9 Å². The molecule has 288 valence electrons. The third-order valence-corrected chi connectivity index (χ3v) is 12.5. The first-order chi connectivity index (χ1) is 30.8. The molecule has 0 spiro atoms. The molecule has 0 amide bonds. The molecule has 0 fully saturated rings. The van der Waals surface area contributed by atoms with Gasteiger partial charge in [0.1, 0.15) is 0 Å². The molecule has 11 aromatic carbocycles. The van der Waals surface area contributed by atoms with Gasteiger partial charge in [-0.15, -0.1) is 0 Å². The van der Waals surface area contributed by atoms with Gasteiger partial charge in [0.05, 0.1) is 11.4 Å². The van der Waals surface area contributed by atoms with Crippen molar-refractivity contribution in [1.82, 2.24) is 9.97 Å². The Morgan fingerprint density at radius 3 is 1.50 bits per heavy atom. The van der Waals surface area contributed by atoms with Crippen molar-refractivity contribution in [3.63, 3.8) is 0 Å². The van der Waals surface area contributed by atoms with Crippen molar-refractivity contribution in [3.8, 4) is 67.3 Å². The van der Waals surface area contributed by atoms with Crippen molar-refractivity contribution in [2.24, 2.45) is 0 Å². The summed E-state index contributed by atoms with van der Waals surface area (Å²) in [5.41, 5.74) is 12.1. The third kappa shape index (κ3) is 5.96. The molecule has 0 aliphatic carbocycles. The van der Waals surface area contributed by atoms with Gasteiger partial charge in [-0.3, -0.25) is 0 Å². The van der Waals surface area contributed by atoms with Gasteiger partial charge in [-0.05, 0) is 99.4 Å². The van der Waals surface area contributed by atoms with Gasteiger partial charge in [-0.25, -0.2) is 9.97 Å². The Morgan fingerprint density at radius 2 is 0.758 bits per heavy atom. The Bertz CT molecular complexity index is 3680. The maximum absolute atomic E-state index is 5.36. The van der Waals surface area contributed by atoms with E-state index in [1.165, 1.54) is 70.7 Å². The van der Waals surface area contributed by atoms with Gasteiger partial charge >= 0.3 is 0 Å². The minimum absolute atomic E-state index is 0.694. The molecular weight excluding hydrogens is 749 g/mol. The van der Waals surface area contributed by atoms with Crippen LogP contribution in [0.5, 0.6) is 0 Å². The summed E-state index contributed by atoms with van der Waals surface area (Å²) in [5.74, 6) is 0.694. The van der Waals surface area contributed by atoms with Gasteiger partial charge in [0.25, 0.3) is 0 Å². The van der Waals surface area contributed by atoms with Crippen LogP contribution in [-0.2, 0) is 0 Å². The second-order valence-electron chi connectivity index (χ2n) is 16.0. The van der Waals surface area contributed by atoms with Crippen LogP contribution in [0.4, 0.5) is 0 Å². The van der Waals surface area contributed by atoms with Crippen LogP contribution in [0, 0.1) is 0 Å². The van der Waals surface area contributed by atoms with Gasteiger partial charge < -0.3 is 0 Å². The maximum atomic E-state index is 5.36. The largest absolute Gasteiger partial charge is 0.228 e. The summed E-state index contributed by atoms with van der Waals surface area (Å²) >= 11 is 0. The zero-order valence-electron chi connectivity index (χ0n) is 33.8. The highest BCUT2D eigenvalue weighted by Crippen LogP contribution is 2.48. The Balaban J connectivity index is 1.11. The van der Waals surface area contributed by atoms with Crippen LogP contribution in [0.1, 0.15) is 0 Å². The van der Waals surface area contributed by atoms with E-state index in [2.05, 4.69) is 224 Å². The first kappa shape index (κ1) is 35.7. The van der Waals surface area contributed by atoms with Gasteiger partial charge in [0, 0.05) is 16.7 Å². The average Bonchev–Trinajstić information content (AvgIpc) is 3.35. The topological polar surface area (TPSA) is 25.8 Å². The number of benzene rings is 11. The van der Waals surface area contributed by atoms with E-state index in [0.717, 1.165) is 44.6 Å². The quantitative estimate of drug-likeness (QED) is 0.124. The highest BCUT2D eigenvalue weighted by atomic mass is 14.9. The summed E-state index contributed by atoms with van der Waals surface area (Å²) in [6.45, 7) is 0. The van der Waals surface area contributed by atoms with E-state index in [1.807, 2.05) is 6.07 Å². The summed E-state index contributed by atoms with van der Waals surface area (Å²) in [6, 6.07) is 83.0. The molecule has 12 aromatic rings. The van der Waals surface area contributed by atoms with E-state index in [1.54, 1.807) is 0 Å². The Hall–Kier alpha value is -8.20. The lowest BCUT2D eigenvalue weighted by Crippen LogP contribution is -1.98. The third-order valence-electron chi connectivity index (χ3n) is 12.5. The fraction of sp³-hybridized carbons (Fsp3) is 0. The lowest BCUT2D eigenvalue weighted by atomic mass is 9.82. The SMILES string of the molecule is c1ccc(-c2nc(-c3ccccc3-c3ccc4ccccc4c3)cc(-c3ccc(-c4c5ccccc5c(-c5ccccc5)c5c4ccc4ccccc45)c4ccccc34)n2)cc1. The summed E-state index contributed by atoms with van der Waals surface area (Å²) in [6.07, 6.45) is 0. The smallest absolute Gasteiger partial charge is 0.160 e. The van der Waals surface area contributed by atoms with Crippen LogP contribution in [0.3, 0.4) is 0 Å². The molecule has 12 rings (SSSR count). The molecule has 2 heteroatoms. The lowest BCUT2D eigenvalue weighted by molar-refractivity contribution is 1.19. The Kier molecular flexibility index (Phi) is 8.53. The van der Waals surface area contributed by atoms with E-state index in [-0.39, 0.29) is 0 Å². The summed E-state index contributed by atoms with van der Waals surface area (Å²) < 4.78 is 0. The highest BCUT2D eigenvalue weighted by Gasteiger charge is 2.22. The molecule has 0 aliphatic heterocycles. The Labute approximate surface area is 360 Å². The fourth-order valence-electron chi connectivity index (χ4n) is 9.64. The standard InChI is InChI=1S/C60H38N2/c1-3-19-41(20-4-1)57-51-29-15-16-30-52(51)58(54-34-33-40-18-9-10-25-46(40)59(54)57)53-36-35-50(47-26-12-13-27-48(47)53)56-38-55(61-60(62-56)42-21-5-2-6-22-42)49-28-14-11-24-45(49)44-32-31-39-17-7-8-23-43(39)37-44/h1-38H. The van der Waals surface area contributed by atoms with E-state index in [0.29, 0.717) is 5.82 Å². The summed E-state index contributed by atoms with van der Waals surface area (Å²) in [4.78, 5) is 10.7. The number of aromatic nitrogens is 2. The van der Waals surface area contributed by atoms with Crippen LogP contribution in [0.15, 0.2) is 231 Å². The van der Waals surface area contributed by atoms with E-state index in [4.69, 9.17) is 9.97 Å². The number of hydrogen-bond acceptors (Lipinski definition) is 2. The zero-order valence-corrected chi connectivity index (χ0v) is 33.8. The monoisotopic (exact) mass is 786 g/mol. The number of rotatable bonds is 6. The molecule has 0 atom stereocenters. The second-order valence-corrected chi connectivity index (χ2v) is 16.0. The zero-order chi connectivity index (χ0) is 41.0. The van der Waals surface area contributed by atoms with Crippen LogP contribution < -0.4 is 0 Å². The van der Waals surface area contributed by atoms with Gasteiger partial charge in [-0.2, -0.15) is 0 Å².